The molecule has 0 radical (unpaired) electrons. The van der Waals surface area contributed by atoms with Gasteiger partial charge < -0.3 is 16.0 Å². The molecule has 0 saturated carbocycles. The van der Waals surface area contributed by atoms with Gasteiger partial charge in [0.1, 0.15) is 5.82 Å². The van der Waals surface area contributed by atoms with Crippen LogP contribution in [0.1, 0.15) is 24.1 Å². The van der Waals surface area contributed by atoms with Gasteiger partial charge in [-0.25, -0.2) is 4.98 Å². The predicted octanol–water partition coefficient (Wildman–Crippen LogP) is 3.25. The fourth-order valence-electron chi connectivity index (χ4n) is 3.08. The van der Waals surface area contributed by atoms with Crippen molar-refractivity contribution < 1.29 is 4.79 Å². The van der Waals surface area contributed by atoms with Crippen LogP contribution >= 0.6 is 0 Å². The summed E-state index contributed by atoms with van der Waals surface area (Å²) >= 11 is 0. The molecule has 5 heteroatoms. The van der Waals surface area contributed by atoms with Crippen LogP contribution in [0.15, 0.2) is 60.7 Å². The van der Waals surface area contributed by atoms with E-state index in [1.807, 2.05) is 86.6 Å². The maximum Gasteiger partial charge on any atom is 0.225 e. The molecule has 0 saturated heterocycles. The van der Waals surface area contributed by atoms with Crippen molar-refractivity contribution in [2.75, 3.05) is 19.0 Å². The number of amides is 1. The molecular formula is C22H26N4O. The summed E-state index contributed by atoms with van der Waals surface area (Å²) in [5, 5.41) is 4.09. The maximum absolute atomic E-state index is 12.7. The summed E-state index contributed by atoms with van der Waals surface area (Å²) in [6.45, 7) is 2.30. The van der Waals surface area contributed by atoms with Gasteiger partial charge in [0.25, 0.3) is 0 Å². The lowest BCUT2D eigenvalue weighted by molar-refractivity contribution is -0.125. The number of hydrogen-bond donors (Lipinski definition) is 2. The zero-order valence-electron chi connectivity index (χ0n) is 16.0. The highest BCUT2D eigenvalue weighted by Crippen LogP contribution is 2.23. The van der Waals surface area contributed by atoms with Gasteiger partial charge in [0.05, 0.1) is 11.4 Å². The van der Waals surface area contributed by atoms with E-state index in [9.17, 15) is 4.79 Å². The van der Waals surface area contributed by atoms with Crippen LogP contribution < -0.4 is 16.0 Å². The van der Waals surface area contributed by atoms with E-state index >= 15 is 0 Å². The standard InChI is InChI=1S/C22H26N4O/c1-15(21(23)16-9-5-4-6-10-16)22(27)24-14-17-13-20(26(2)3)25-19-12-8-7-11-18(17)19/h4-13,15,21H,14,23H2,1-3H3,(H,24,27). The SMILES string of the molecule is CC(C(=O)NCc1cc(N(C)C)nc2ccccc12)C(N)c1ccccc1. The van der Waals surface area contributed by atoms with Gasteiger partial charge in [-0.15, -0.1) is 0 Å². The Bertz CT molecular complexity index is 924. The molecule has 2 unspecified atom stereocenters. The van der Waals surface area contributed by atoms with Crippen molar-refractivity contribution >= 4 is 22.6 Å². The normalized spacial score (nSPS) is 13.2. The topological polar surface area (TPSA) is 71.2 Å². The first-order valence-corrected chi connectivity index (χ1v) is 9.11. The Morgan fingerprint density at radius 3 is 2.48 bits per heavy atom. The number of nitrogens with two attached hydrogens (primary N) is 1. The minimum absolute atomic E-state index is 0.0568. The third-order valence-electron chi connectivity index (χ3n) is 4.84. The smallest absolute Gasteiger partial charge is 0.225 e. The number of fused-ring (bicyclic) bond motifs is 1. The second-order valence-electron chi connectivity index (χ2n) is 6.99. The zero-order chi connectivity index (χ0) is 19.4. The number of rotatable bonds is 6. The molecular weight excluding hydrogens is 336 g/mol. The number of carbonyl (C=O) groups is 1. The van der Waals surface area contributed by atoms with E-state index < -0.39 is 0 Å². The third kappa shape index (κ3) is 4.26. The fourth-order valence-corrected chi connectivity index (χ4v) is 3.08. The van der Waals surface area contributed by atoms with Gasteiger partial charge in [-0.3, -0.25) is 4.79 Å². The van der Waals surface area contributed by atoms with Crippen molar-refractivity contribution in [3.63, 3.8) is 0 Å². The highest BCUT2D eigenvalue weighted by Gasteiger charge is 2.22. The van der Waals surface area contributed by atoms with Crippen molar-refractivity contribution in [3.8, 4) is 0 Å². The molecule has 1 amide bonds. The van der Waals surface area contributed by atoms with Crippen LogP contribution in [0.4, 0.5) is 5.82 Å². The van der Waals surface area contributed by atoms with Crippen LogP contribution in [0.25, 0.3) is 10.9 Å². The molecule has 0 bridgehead atoms. The summed E-state index contributed by atoms with van der Waals surface area (Å²) < 4.78 is 0. The average molecular weight is 362 g/mol. The number of hydrogen-bond acceptors (Lipinski definition) is 4. The Balaban J connectivity index is 1.77. The first kappa shape index (κ1) is 18.9. The molecule has 2 atom stereocenters. The second-order valence-corrected chi connectivity index (χ2v) is 6.99. The zero-order valence-corrected chi connectivity index (χ0v) is 16.0. The third-order valence-corrected chi connectivity index (χ3v) is 4.84. The van der Waals surface area contributed by atoms with E-state index in [-0.39, 0.29) is 17.9 Å². The molecule has 3 N–H and O–H groups in total. The van der Waals surface area contributed by atoms with E-state index in [0.29, 0.717) is 6.54 Å². The highest BCUT2D eigenvalue weighted by atomic mass is 16.1. The minimum atomic E-state index is -0.335. The molecule has 0 spiro atoms. The van der Waals surface area contributed by atoms with Crippen LogP contribution in [-0.4, -0.2) is 25.0 Å². The van der Waals surface area contributed by atoms with E-state index in [1.54, 1.807) is 0 Å². The summed E-state index contributed by atoms with van der Waals surface area (Å²) in [6.07, 6.45) is 0. The van der Waals surface area contributed by atoms with E-state index in [1.165, 1.54) is 0 Å². The molecule has 0 aliphatic heterocycles. The quantitative estimate of drug-likeness (QED) is 0.706. The molecule has 0 fully saturated rings. The number of pyridine rings is 1. The Morgan fingerprint density at radius 1 is 1.11 bits per heavy atom. The summed E-state index contributed by atoms with van der Waals surface area (Å²) in [4.78, 5) is 19.3. The molecule has 1 aromatic heterocycles. The Kier molecular flexibility index (Phi) is 5.72. The van der Waals surface area contributed by atoms with E-state index in [2.05, 4.69) is 10.3 Å². The molecule has 0 aliphatic carbocycles. The molecule has 140 valence electrons. The first-order chi connectivity index (χ1) is 13.0. The van der Waals surface area contributed by atoms with Crippen molar-refractivity contribution in [1.29, 1.82) is 0 Å². The van der Waals surface area contributed by atoms with Gasteiger partial charge in [0, 0.05) is 32.1 Å². The van der Waals surface area contributed by atoms with Crippen LogP contribution in [0, 0.1) is 5.92 Å². The molecule has 5 nitrogen and oxygen atoms in total. The van der Waals surface area contributed by atoms with E-state index in [4.69, 9.17) is 5.73 Å². The molecule has 3 aromatic rings. The largest absolute Gasteiger partial charge is 0.363 e. The van der Waals surface area contributed by atoms with Gasteiger partial charge in [-0.05, 0) is 23.3 Å². The average Bonchev–Trinajstić information content (AvgIpc) is 2.70. The lowest BCUT2D eigenvalue weighted by Crippen LogP contribution is -2.35. The van der Waals surface area contributed by atoms with Crippen molar-refractivity contribution in [3.05, 3.63) is 71.8 Å². The number of nitrogens with zero attached hydrogens (tertiary/aromatic N) is 2. The molecule has 1 heterocycles. The van der Waals surface area contributed by atoms with Crippen LogP contribution in [0.5, 0.6) is 0 Å². The van der Waals surface area contributed by atoms with Crippen LogP contribution in [-0.2, 0) is 11.3 Å². The Labute approximate surface area is 160 Å². The number of aromatic nitrogens is 1. The van der Waals surface area contributed by atoms with Gasteiger partial charge in [0.15, 0.2) is 0 Å². The summed E-state index contributed by atoms with van der Waals surface area (Å²) in [6, 6.07) is 19.4. The fraction of sp³-hybridized carbons (Fsp3) is 0.273. The lowest BCUT2D eigenvalue weighted by atomic mass is 9.94. The molecule has 0 aliphatic rings. The molecule has 2 aromatic carbocycles. The number of para-hydroxylation sites is 1. The summed E-state index contributed by atoms with van der Waals surface area (Å²) in [5.41, 5.74) is 9.21. The number of benzene rings is 2. The predicted molar refractivity (Wildman–Crippen MR) is 110 cm³/mol. The van der Waals surface area contributed by atoms with Crippen molar-refractivity contribution in [2.45, 2.75) is 19.5 Å². The van der Waals surface area contributed by atoms with Gasteiger partial charge >= 0.3 is 0 Å². The first-order valence-electron chi connectivity index (χ1n) is 9.11. The van der Waals surface area contributed by atoms with Crippen molar-refractivity contribution in [1.82, 2.24) is 10.3 Å². The molecule has 27 heavy (non-hydrogen) atoms. The minimum Gasteiger partial charge on any atom is -0.363 e. The van der Waals surface area contributed by atoms with Crippen LogP contribution in [0.3, 0.4) is 0 Å². The Hall–Kier alpha value is -2.92. The number of anilines is 1. The maximum atomic E-state index is 12.7. The molecule has 3 rings (SSSR count). The highest BCUT2D eigenvalue weighted by molar-refractivity contribution is 5.85. The summed E-state index contributed by atoms with van der Waals surface area (Å²) in [5.74, 6) is 0.486. The van der Waals surface area contributed by atoms with Crippen molar-refractivity contribution in [2.24, 2.45) is 11.7 Å². The van der Waals surface area contributed by atoms with E-state index in [0.717, 1.165) is 27.8 Å². The Morgan fingerprint density at radius 2 is 1.78 bits per heavy atom. The number of carbonyl (C=O) groups excluding carboxylic acids is 1. The second kappa shape index (κ2) is 8.18. The monoisotopic (exact) mass is 362 g/mol. The number of nitrogens with one attached hydrogen (secondary N) is 1. The van der Waals surface area contributed by atoms with Gasteiger partial charge in [-0.2, -0.15) is 0 Å². The van der Waals surface area contributed by atoms with Gasteiger partial charge in [-0.1, -0.05) is 55.5 Å². The summed E-state index contributed by atoms with van der Waals surface area (Å²) in [7, 11) is 3.92. The lowest BCUT2D eigenvalue weighted by Gasteiger charge is -2.20. The van der Waals surface area contributed by atoms with Gasteiger partial charge in [0.2, 0.25) is 5.91 Å². The van der Waals surface area contributed by atoms with Crippen LogP contribution in [0.2, 0.25) is 0 Å².